The second kappa shape index (κ2) is 3.73. The Morgan fingerprint density at radius 2 is 2.13 bits per heavy atom. The average molecular weight is 281 g/mol. The highest BCUT2D eigenvalue weighted by atomic mass is 79.9. The van der Waals surface area contributed by atoms with Crippen molar-refractivity contribution in [3.05, 3.63) is 22.7 Å². The van der Waals surface area contributed by atoms with Gasteiger partial charge in [0.25, 0.3) is 0 Å². The topological polar surface area (TPSA) is 37.9 Å². The monoisotopic (exact) mass is 280 g/mol. The summed E-state index contributed by atoms with van der Waals surface area (Å²) in [5, 5.41) is 0. The van der Waals surface area contributed by atoms with Crippen molar-refractivity contribution in [3.63, 3.8) is 0 Å². The van der Waals surface area contributed by atoms with Gasteiger partial charge in [-0.3, -0.25) is 0 Å². The van der Waals surface area contributed by atoms with E-state index in [-0.39, 0.29) is 16.8 Å². The zero-order chi connectivity index (χ0) is 11.0. The molecule has 0 spiro atoms. The van der Waals surface area contributed by atoms with E-state index < -0.39 is 12.4 Å². The molecule has 15 heavy (non-hydrogen) atoms. The predicted octanol–water partition coefficient (Wildman–Crippen LogP) is 3.07. The third-order valence-electron chi connectivity index (χ3n) is 1.71. The minimum absolute atomic E-state index is 0.0727. The molecule has 80 valence electrons. The first kappa shape index (κ1) is 10.3. The van der Waals surface area contributed by atoms with Gasteiger partial charge in [-0.1, -0.05) is 0 Å². The summed E-state index contributed by atoms with van der Waals surface area (Å²) in [4.78, 5) is 6.43. The molecule has 1 aromatic carbocycles. The molecule has 0 saturated carbocycles. The van der Waals surface area contributed by atoms with Gasteiger partial charge in [0.05, 0.1) is 5.52 Å². The van der Waals surface area contributed by atoms with Gasteiger partial charge in [0.1, 0.15) is 11.3 Å². The van der Waals surface area contributed by atoms with Gasteiger partial charge in [0.15, 0.2) is 10.6 Å². The lowest BCUT2D eigenvalue weighted by atomic mass is 10.3. The van der Waals surface area contributed by atoms with Crippen LogP contribution in [0.15, 0.2) is 16.9 Å². The van der Waals surface area contributed by atoms with E-state index >= 15 is 0 Å². The van der Waals surface area contributed by atoms with E-state index in [4.69, 9.17) is 0 Å². The summed E-state index contributed by atoms with van der Waals surface area (Å²) in [6.07, 6.45) is 0. The number of hydrogen-bond acceptors (Lipinski definition) is 2. The lowest BCUT2D eigenvalue weighted by molar-refractivity contribution is -0.0498. The van der Waals surface area contributed by atoms with Crippen molar-refractivity contribution >= 4 is 27.0 Å². The molecule has 0 amide bonds. The molecule has 0 aliphatic rings. The quantitative estimate of drug-likeness (QED) is 0.918. The molecule has 1 heterocycles. The summed E-state index contributed by atoms with van der Waals surface area (Å²) in [6, 6.07) is 2.12. The summed E-state index contributed by atoms with van der Waals surface area (Å²) in [5.41, 5.74) is 0.362. The summed E-state index contributed by atoms with van der Waals surface area (Å²) < 4.78 is 41.4. The standard InChI is InChI=1S/C8H4BrF3N2O/c9-7-13-5-2-3(15-8(11)12)1-4(10)6(5)14-7/h1-2,8H,(H,13,14). The number of alkyl halides is 2. The smallest absolute Gasteiger partial charge is 0.387 e. The Labute approximate surface area is 90.4 Å². The van der Waals surface area contributed by atoms with Crippen molar-refractivity contribution in [2.75, 3.05) is 0 Å². The number of ether oxygens (including phenoxy) is 1. The molecule has 0 unspecified atom stereocenters. The van der Waals surface area contributed by atoms with Gasteiger partial charge in [-0.15, -0.1) is 0 Å². The van der Waals surface area contributed by atoms with E-state index in [1.807, 2.05) is 0 Å². The number of aromatic nitrogens is 2. The molecule has 2 rings (SSSR count). The molecule has 2 aromatic rings. The van der Waals surface area contributed by atoms with Crippen molar-refractivity contribution in [1.82, 2.24) is 9.97 Å². The van der Waals surface area contributed by atoms with Crippen LogP contribution < -0.4 is 4.74 Å². The Hall–Kier alpha value is -1.24. The Bertz CT molecular complexity index is 500. The second-order valence-corrected chi connectivity index (χ2v) is 3.46. The maximum absolute atomic E-state index is 13.3. The fraction of sp³-hybridized carbons (Fsp3) is 0.125. The Kier molecular flexibility index (Phi) is 2.56. The van der Waals surface area contributed by atoms with Gasteiger partial charge >= 0.3 is 6.61 Å². The van der Waals surface area contributed by atoms with Crippen LogP contribution in [0.1, 0.15) is 0 Å². The highest BCUT2D eigenvalue weighted by Gasteiger charge is 2.11. The zero-order valence-corrected chi connectivity index (χ0v) is 8.69. The summed E-state index contributed by atoms with van der Waals surface area (Å²) in [5.74, 6) is -0.962. The second-order valence-electron chi connectivity index (χ2n) is 2.71. The number of nitrogens with zero attached hydrogens (tertiary/aromatic N) is 1. The molecule has 1 aromatic heterocycles. The Balaban J connectivity index is 2.51. The maximum Gasteiger partial charge on any atom is 0.387 e. The van der Waals surface area contributed by atoms with E-state index in [0.717, 1.165) is 6.07 Å². The van der Waals surface area contributed by atoms with E-state index in [2.05, 4.69) is 30.6 Å². The Morgan fingerprint density at radius 3 is 2.80 bits per heavy atom. The number of hydrogen-bond donors (Lipinski definition) is 1. The van der Waals surface area contributed by atoms with Crippen LogP contribution in [0.3, 0.4) is 0 Å². The van der Waals surface area contributed by atoms with Crippen LogP contribution in [0, 0.1) is 5.82 Å². The third-order valence-corrected chi connectivity index (χ3v) is 2.09. The van der Waals surface area contributed by atoms with Crippen LogP contribution in [0.4, 0.5) is 13.2 Å². The lowest BCUT2D eigenvalue weighted by Crippen LogP contribution is -2.02. The van der Waals surface area contributed by atoms with Crippen LogP contribution in [0.2, 0.25) is 0 Å². The van der Waals surface area contributed by atoms with Crippen molar-refractivity contribution in [2.24, 2.45) is 0 Å². The minimum Gasteiger partial charge on any atom is -0.435 e. The van der Waals surface area contributed by atoms with E-state index in [1.54, 1.807) is 0 Å². The van der Waals surface area contributed by atoms with Gasteiger partial charge in [-0.25, -0.2) is 9.37 Å². The summed E-state index contributed by atoms with van der Waals surface area (Å²) in [6.45, 7) is -2.98. The number of rotatable bonds is 2. The first-order chi connectivity index (χ1) is 7.06. The predicted molar refractivity (Wildman–Crippen MR) is 50.4 cm³/mol. The third kappa shape index (κ3) is 2.06. The van der Waals surface area contributed by atoms with E-state index in [9.17, 15) is 13.2 Å². The number of fused-ring (bicyclic) bond motifs is 1. The van der Waals surface area contributed by atoms with Crippen molar-refractivity contribution < 1.29 is 17.9 Å². The van der Waals surface area contributed by atoms with Gasteiger partial charge in [-0.2, -0.15) is 8.78 Å². The normalized spacial score (nSPS) is 11.3. The van der Waals surface area contributed by atoms with Gasteiger partial charge < -0.3 is 9.72 Å². The fourth-order valence-electron chi connectivity index (χ4n) is 1.19. The van der Waals surface area contributed by atoms with E-state index in [0.29, 0.717) is 4.73 Å². The fourth-order valence-corrected chi connectivity index (χ4v) is 1.58. The SMILES string of the molecule is Fc1cc(OC(F)F)cc2[nH]c(Br)nc12. The molecule has 0 aliphatic heterocycles. The molecule has 0 fully saturated rings. The number of aromatic amines is 1. The zero-order valence-electron chi connectivity index (χ0n) is 7.10. The first-order valence-electron chi connectivity index (χ1n) is 3.86. The summed E-state index contributed by atoms with van der Waals surface area (Å²) >= 11 is 3.01. The highest BCUT2D eigenvalue weighted by molar-refractivity contribution is 9.10. The number of imidazole rings is 1. The highest BCUT2D eigenvalue weighted by Crippen LogP contribution is 2.25. The largest absolute Gasteiger partial charge is 0.435 e. The maximum atomic E-state index is 13.3. The molecule has 0 aliphatic carbocycles. The Morgan fingerprint density at radius 1 is 1.40 bits per heavy atom. The van der Waals surface area contributed by atoms with Crippen LogP contribution in [0.25, 0.3) is 11.0 Å². The average Bonchev–Trinajstić information content (AvgIpc) is 2.44. The first-order valence-corrected chi connectivity index (χ1v) is 4.65. The minimum atomic E-state index is -2.98. The molecule has 7 heteroatoms. The molecule has 0 atom stereocenters. The number of halogens is 4. The number of H-pyrrole nitrogens is 1. The lowest BCUT2D eigenvalue weighted by Gasteiger charge is -2.03. The van der Waals surface area contributed by atoms with Crippen LogP contribution in [0.5, 0.6) is 5.75 Å². The molecular weight excluding hydrogens is 277 g/mol. The molecule has 3 nitrogen and oxygen atoms in total. The van der Waals surface area contributed by atoms with Crippen LogP contribution in [-0.4, -0.2) is 16.6 Å². The molecule has 0 saturated heterocycles. The number of nitrogens with one attached hydrogen (secondary N) is 1. The van der Waals surface area contributed by atoms with Crippen LogP contribution in [-0.2, 0) is 0 Å². The molecule has 0 bridgehead atoms. The van der Waals surface area contributed by atoms with Gasteiger partial charge in [0, 0.05) is 12.1 Å². The molecular formula is C8H4BrF3N2O. The van der Waals surface area contributed by atoms with Crippen LogP contribution >= 0.6 is 15.9 Å². The van der Waals surface area contributed by atoms with Gasteiger partial charge in [0.2, 0.25) is 0 Å². The van der Waals surface area contributed by atoms with Crippen molar-refractivity contribution in [3.8, 4) is 5.75 Å². The van der Waals surface area contributed by atoms with E-state index in [1.165, 1.54) is 6.07 Å². The summed E-state index contributed by atoms with van der Waals surface area (Å²) in [7, 11) is 0. The van der Waals surface area contributed by atoms with Gasteiger partial charge in [-0.05, 0) is 15.9 Å². The molecule has 1 N–H and O–H groups in total. The van der Waals surface area contributed by atoms with Crippen molar-refractivity contribution in [2.45, 2.75) is 6.61 Å². The van der Waals surface area contributed by atoms with Crippen molar-refractivity contribution in [1.29, 1.82) is 0 Å². The molecule has 0 radical (unpaired) electrons. The number of benzene rings is 1.